The Kier molecular flexibility index (Phi) is 5.21. The second-order valence-electron chi connectivity index (χ2n) is 6.24. The third-order valence-corrected chi connectivity index (χ3v) is 5.12. The zero-order valence-corrected chi connectivity index (χ0v) is 14.4. The molecule has 0 spiro atoms. The van der Waals surface area contributed by atoms with E-state index in [1.54, 1.807) is 0 Å². The average Bonchev–Trinajstić information content (AvgIpc) is 2.90. The summed E-state index contributed by atoms with van der Waals surface area (Å²) in [6, 6.07) is 8.29. The Morgan fingerprint density at radius 3 is 2.78 bits per heavy atom. The van der Waals surface area contributed by atoms with Crippen molar-refractivity contribution < 1.29 is 4.79 Å². The van der Waals surface area contributed by atoms with E-state index < -0.39 is 0 Å². The van der Waals surface area contributed by atoms with Crippen LogP contribution in [0.25, 0.3) is 11.0 Å². The van der Waals surface area contributed by atoms with Gasteiger partial charge in [-0.3, -0.25) is 4.79 Å². The van der Waals surface area contributed by atoms with Gasteiger partial charge in [0.25, 0.3) is 0 Å². The molecule has 2 aromatic rings. The number of para-hydroxylation sites is 2. The first-order chi connectivity index (χ1) is 11.2. The number of amides is 1. The van der Waals surface area contributed by atoms with Crippen LogP contribution in [0.5, 0.6) is 0 Å². The summed E-state index contributed by atoms with van der Waals surface area (Å²) in [7, 11) is 0. The smallest absolute Gasteiger partial charge is 0.224 e. The number of halogens is 1. The first-order valence-corrected chi connectivity index (χ1v) is 8.98. The zero-order chi connectivity index (χ0) is 16.2. The molecule has 1 aromatic carbocycles. The highest BCUT2D eigenvalue weighted by Gasteiger charge is 2.24. The van der Waals surface area contributed by atoms with Crippen LogP contribution in [-0.4, -0.2) is 32.9 Å². The summed E-state index contributed by atoms with van der Waals surface area (Å²) in [6.07, 6.45) is 6.56. The summed E-state index contributed by atoms with van der Waals surface area (Å²) in [6.45, 7) is 3.45. The SMILES string of the molecule is CCN(C(=O)CCn1c(Cl)nc2ccccc21)C1CCCCC1. The van der Waals surface area contributed by atoms with Gasteiger partial charge in [-0.1, -0.05) is 31.4 Å². The van der Waals surface area contributed by atoms with Gasteiger partial charge in [-0.2, -0.15) is 0 Å². The third kappa shape index (κ3) is 3.52. The van der Waals surface area contributed by atoms with Crippen molar-refractivity contribution in [2.24, 2.45) is 0 Å². The average molecular weight is 334 g/mol. The minimum absolute atomic E-state index is 0.230. The second kappa shape index (κ2) is 7.35. The molecule has 1 saturated carbocycles. The maximum absolute atomic E-state index is 12.7. The highest BCUT2D eigenvalue weighted by atomic mass is 35.5. The highest BCUT2D eigenvalue weighted by molar-refractivity contribution is 6.29. The van der Waals surface area contributed by atoms with Crippen molar-refractivity contribution in [2.45, 2.75) is 58.0 Å². The van der Waals surface area contributed by atoms with Crippen LogP contribution in [0.15, 0.2) is 24.3 Å². The lowest BCUT2D eigenvalue weighted by molar-refractivity contribution is -0.134. The Hall–Kier alpha value is -1.55. The van der Waals surface area contributed by atoms with Crippen LogP contribution in [0.4, 0.5) is 0 Å². The number of fused-ring (bicyclic) bond motifs is 1. The number of aryl methyl sites for hydroxylation is 1. The molecule has 1 fully saturated rings. The van der Waals surface area contributed by atoms with E-state index in [1.807, 2.05) is 28.8 Å². The van der Waals surface area contributed by atoms with Crippen LogP contribution in [0.3, 0.4) is 0 Å². The predicted molar refractivity (Wildman–Crippen MR) is 93.6 cm³/mol. The summed E-state index contributed by atoms with van der Waals surface area (Å²) in [5.41, 5.74) is 1.87. The first kappa shape index (κ1) is 16.3. The van der Waals surface area contributed by atoms with Crippen LogP contribution in [-0.2, 0) is 11.3 Å². The van der Waals surface area contributed by atoms with E-state index in [4.69, 9.17) is 11.6 Å². The van der Waals surface area contributed by atoms with Gasteiger partial charge in [-0.25, -0.2) is 4.98 Å². The van der Waals surface area contributed by atoms with Gasteiger partial charge in [-0.15, -0.1) is 0 Å². The molecule has 1 heterocycles. The Bertz CT molecular complexity index is 676. The zero-order valence-electron chi connectivity index (χ0n) is 13.7. The predicted octanol–water partition coefficient (Wildman–Crippen LogP) is 4.26. The van der Waals surface area contributed by atoms with E-state index in [-0.39, 0.29) is 5.91 Å². The molecule has 3 rings (SSSR count). The molecule has 0 saturated heterocycles. The molecule has 0 aliphatic heterocycles. The Balaban J connectivity index is 1.68. The lowest BCUT2D eigenvalue weighted by Crippen LogP contribution is -2.41. The summed E-state index contributed by atoms with van der Waals surface area (Å²) >= 11 is 6.24. The maximum atomic E-state index is 12.7. The number of rotatable bonds is 5. The van der Waals surface area contributed by atoms with Crippen LogP contribution in [0.2, 0.25) is 5.28 Å². The van der Waals surface area contributed by atoms with Crippen LogP contribution in [0, 0.1) is 0 Å². The molecule has 1 aliphatic carbocycles. The van der Waals surface area contributed by atoms with Crippen LogP contribution < -0.4 is 0 Å². The van der Waals surface area contributed by atoms with Crippen molar-refractivity contribution in [3.63, 3.8) is 0 Å². The van der Waals surface area contributed by atoms with E-state index in [2.05, 4.69) is 16.8 Å². The molecule has 5 heteroatoms. The first-order valence-electron chi connectivity index (χ1n) is 8.61. The molecule has 1 amide bonds. The van der Waals surface area contributed by atoms with Gasteiger partial charge >= 0.3 is 0 Å². The largest absolute Gasteiger partial charge is 0.340 e. The fourth-order valence-electron chi connectivity index (χ4n) is 3.64. The highest BCUT2D eigenvalue weighted by Crippen LogP contribution is 2.24. The van der Waals surface area contributed by atoms with Gasteiger partial charge in [0.15, 0.2) is 0 Å². The van der Waals surface area contributed by atoms with E-state index in [9.17, 15) is 4.79 Å². The minimum Gasteiger partial charge on any atom is -0.340 e. The fraction of sp³-hybridized carbons (Fsp3) is 0.556. The van der Waals surface area contributed by atoms with Crippen LogP contribution >= 0.6 is 11.6 Å². The summed E-state index contributed by atoms with van der Waals surface area (Å²) < 4.78 is 1.93. The maximum Gasteiger partial charge on any atom is 0.224 e. The molecule has 124 valence electrons. The molecule has 23 heavy (non-hydrogen) atoms. The summed E-state index contributed by atoms with van der Waals surface area (Å²) in [5.74, 6) is 0.230. The van der Waals surface area contributed by atoms with E-state index >= 15 is 0 Å². The lowest BCUT2D eigenvalue weighted by atomic mass is 9.94. The number of hydrogen-bond acceptors (Lipinski definition) is 2. The molecular formula is C18H24ClN3O. The fourth-order valence-corrected chi connectivity index (χ4v) is 3.91. The Labute approximate surface area is 142 Å². The summed E-state index contributed by atoms with van der Waals surface area (Å²) in [5, 5.41) is 0.458. The number of carbonyl (C=O) groups is 1. The van der Waals surface area contributed by atoms with Gasteiger partial charge in [0.1, 0.15) is 0 Å². The van der Waals surface area contributed by atoms with Crippen molar-refractivity contribution in [1.29, 1.82) is 0 Å². The normalized spacial score (nSPS) is 15.9. The monoisotopic (exact) mass is 333 g/mol. The molecule has 4 nitrogen and oxygen atoms in total. The number of hydrogen-bond donors (Lipinski definition) is 0. The third-order valence-electron chi connectivity index (χ3n) is 4.83. The van der Waals surface area contributed by atoms with Gasteiger partial charge in [0, 0.05) is 25.6 Å². The quantitative estimate of drug-likeness (QED) is 0.820. The van der Waals surface area contributed by atoms with Crippen molar-refractivity contribution in [2.75, 3.05) is 6.54 Å². The second-order valence-corrected chi connectivity index (χ2v) is 6.58. The van der Waals surface area contributed by atoms with Crippen molar-refractivity contribution in [3.05, 3.63) is 29.5 Å². The molecule has 0 atom stereocenters. The topological polar surface area (TPSA) is 38.1 Å². The van der Waals surface area contributed by atoms with Crippen molar-refractivity contribution >= 4 is 28.5 Å². The van der Waals surface area contributed by atoms with Crippen molar-refractivity contribution in [1.82, 2.24) is 14.5 Å². The molecule has 0 unspecified atom stereocenters. The molecule has 0 bridgehead atoms. The van der Waals surface area contributed by atoms with E-state index in [0.29, 0.717) is 24.3 Å². The molecule has 0 radical (unpaired) electrons. The summed E-state index contributed by atoms with van der Waals surface area (Å²) in [4.78, 5) is 19.1. The van der Waals surface area contributed by atoms with Crippen molar-refractivity contribution in [3.8, 4) is 0 Å². The van der Waals surface area contributed by atoms with Gasteiger partial charge in [-0.05, 0) is 43.5 Å². The number of nitrogens with zero attached hydrogens (tertiary/aromatic N) is 3. The molecule has 1 aromatic heterocycles. The molecule has 1 aliphatic rings. The standard InChI is InChI=1S/C18H24ClN3O/c1-2-21(14-8-4-3-5-9-14)17(23)12-13-22-16-11-7-6-10-15(16)20-18(22)19/h6-7,10-11,14H,2-5,8-9,12-13H2,1H3. The number of benzene rings is 1. The van der Waals surface area contributed by atoms with Gasteiger partial charge in [0.05, 0.1) is 11.0 Å². The Morgan fingerprint density at radius 2 is 2.04 bits per heavy atom. The Morgan fingerprint density at radius 1 is 1.30 bits per heavy atom. The van der Waals surface area contributed by atoms with E-state index in [1.165, 1.54) is 19.3 Å². The number of aromatic nitrogens is 2. The van der Waals surface area contributed by atoms with E-state index in [0.717, 1.165) is 30.4 Å². The molecular weight excluding hydrogens is 310 g/mol. The number of imidazole rings is 1. The van der Waals surface area contributed by atoms with Gasteiger partial charge < -0.3 is 9.47 Å². The minimum atomic E-state index is 0.230. The lowest BCUT2D eigenvalue weighted by Gasteiger charge is -2.33. The van der Waals surface area contributed by atoms with Gasteiger partial charge in [0.2, 0.25) is 11.2 Å². The molecule has 0 N–H and O–H groups in total. The van der Waals surface area contributed by atoms with Crippen LogP contribution in [0.1, 0.15) is 45.4 Å². The number of carbonyl (C=O) groups excluding carboxylic acids is 1.